The maximum Gasteiger partial charge on any atom is 0.268 e. The number of fused-ring (bicyclic) bond motifs is 1. The molecular formula is C21H21N3O6S. The Kier molecular flexibility index (Phi) is 5.75. The van der Waals surface area contributed by atoms with E-state index in [4.69, 9.17) is 9.47 Å². The third-order valence-electron chi connectivity index (χ3n) is 5.06. The number of carbonyl (C=O) groups excluding carboxylic acids is 2. The number of rotatable bonds is 4. The Balaban J connectivity index is 1.60. The van der Waals surface area contributed by atoms with Gasteiger partial charge in [-0.25, -0.2) is 13.5 Å². The van der Waals surface area contributed by atoms with Crippen LogP contribution in [-0.4, -0.2) is 44.5 Å². The fraction of sp³-hybridized carbons (Fsp3) is 0.286. The van der Waals surface area contributed by atoms with E-state index in [9.17, 15) is 18.4 Å². The first-order chi connectivity index (χ1) is 14.8. The standard InChI is InChI=1S/C21H21N3O6S/c1-13(25)23-19(16-5-8-20-21(11-16)30-10-9-29-20)12-18(22-23)15-3-6-17(7-4-15)24(14(2)26)31(27)28/h3-8,11,19H,9-10,12H2,1-2H3,(H,27,28). The van der Waals surface area contributed by atoms with Crippen molar-refractivity contribution in [1.82, 2.24) is 5.01 Å². The van der Waals surface area contributed by atoms with Crippen LogP contribution in [-0.2, 0) is 20.9 Å². The van der Waals surface area contributed by atoms with Crippen molar-refractivity contribution in [2.75, 3.05) is 17.5 Å². The highest BCUT2D eigenvalue weighted by atomic mass is 32.2. The van der Waals surface area contributed by atoms with Gasteiger partial charge in [-0.3, -0.25) is 14.1 Å². The minimum Gasteiger partial charge on any atom is -0.486 e. The second kappa shape index (κ2) is 8.48. The molecule has 2 aliphatic heterocycles. The molecule has 2 aromatic rings. The van der Waals surface area contributed by atoms with Crippen molar-refractivity contribution in [1.29, 1.82) is 0 Å². The van der Waals surface area contributed by atoms with Crippen LogP contribution in [0.5, 0.6) is 11.5 Å². The fourth-order valence-corrected chi connectivity index (χ4v) is 4.20. The monoisotopic (exact) mass is 443 g/mol. The third kappa shape index (κ3) is 4.17. The van der Waals surface area contributed by atoms with Crippen molar-refractivity contribution in [3.8, 4) is 11.5 Å². The van der Waals surface area contributed by atoms with E-state index in [-0.39, 0.29) is 11.9 Å². The summed E-state index contributed by atoms with van der Waals surface area (Å²) >= 11 is -2.46. The molecule has 2 unspecified atom stereocenters. The van der Waals surface area contributed by atoms with Gasteiger partial charge >= 0.3 is 0 Å². The zero-order valence-corrected chi connectivity index (χ0v) is 17.8. The average Bonchev–Trinajstić information content (AvgIpc) is 3.19. The van der Waals surface area contributed by atoms with Gasteiger partial charge in [-0.2, -0.15) is 5.10 Å². The number of carbonyl (C=O) groups is 2. The third-order valence-corrected chi connectivity index (χ3v) is 5.84. The number of benzene rings is 2. The van der Waals surface area contributed by atoms with Crippen LogP contribution in [0.4, 0.5) is 5.69 Å². The Labute approximate surface area is 181 Å². The largest absolute Gasteiger partial charge is 0.486 e. The van der Waals surface area contributed by atoms with Crippen molar-refractivity contribution in [3.05, 3.63) is 53.6 Å². The predicted molar refractivity (Wildman–Crippen MR) is 114 cm³/mol. The molecule has 1 N–H and O–H groups in total. The molecule has 0 radical (unpaired) electrons. The summed E-state index contributed by atoms with van der Waals surface area (Å²) in [5.74, 6) is 0.583. The van der Waals surface area contributed by atoms with Crippen molar-refractivity contribution in [2.24, 2.45) is 5.10 Å². The molecule has 0 saturated heterocycles. The van der Waals surface area contributed by atoms with E-state index in [1.165, 1.54) is 18.9 Å². The molecule has 2 amide bonds. The molecule has 0 spiro atoms. The lowest BCUT2D eigenvalue weighted by Gasteiger charge is -2.23. The van der Waals surface area contributed by atoms with E-state index in [2.05, 4.69) is 5.10 Å². The van der Waals surface area contributed by atoms with Crippen molar-refractivity contribution >= 4 is 34.5 Å². The molecule has 0 saturated carbocycles. The van der Waals surface area contributed by atoms with Gasteiger partial charge in [0.2, 0.25) is 11.8 Å². The van der Waals surface area contributed by atoms with E-state index in [0.29, 0.717) is 42.5 Å². The molecular weight excluding hydrogens is 422 g/mol. The van der Waals surface area contributed by atoms with E-state index in [0.717, 1.165) is 15.4 Å². The number of hydrogen-bond donors (Lipinski definition) is 1. The molecule has 4 rings (SSSR count). The molecule has 0 aromatic heterocycles. The van der Waals surface area contributed by atoms with Crippen LogP contribution in [0.3, 0.4) is 0 Å². The highest BCUT2D eigenvalue weighted by molar-refractivity contribution is 7.81. The Bertz CT molecular complexity index is 1070. The van der Waals surface area contributed by atoms with Crippen LogP contribution in [0.25, 0.3) is 0 Å². The fourth-order valence-electron chi connectivity index (χ4n) is 3.67. The van der Waals surface area contributed by atoms with Gasteiger partial charge in [0.15, 0.2) is 11.5 Å². The number of hydrazone groups is 1. The molecule has 0 aliphatic carbocycles. The Hall–Kier alpha value is -3.24. The summed E-state index contributed by atoms with van der Waals surface area (Å²) in [6.45, 7) is 3.65. The quantitative estimate of drug-likeness (QED) is 0.728. The van der Waals surface area contributed by atoms with Crippen molar-refractivity contribution in [3.63, 3.8) is 0 Å². The lowest BCUT2D eigenvalue weighted by molar-refractivity contribution is -0.130. The van der Waals surface area contributed by atoms with Crippen LogP contribution in [0.2, 0.25) is 0 Å². The molecule has 10 heteroatoms. The molecule has 2 heterocycles. The highest BCUT2D eigenvalue weighted by Crippen LogP contribution is 2.38. The molecule has 31 heavy (non-hydrogen) atoms. The zero-order valence-electron chi connectivity index (χ0n) is 17.0. The first-order valence-electron chi connectivity index (χ1n) is 9.64. The van der Waals surface area contributed by atoms with Crippen LogP contribution in [0.1, 0.15) is 37.4 Å². The van der Waals surface area contributed by atoms with E-state index in [1.54, 1.807) is 24.3 Å². The average molecular weight is 443 g/mol. The van der Waals surface area contributed by atoms with Gasteiger partial charge in [-0.05, 0) is 35.4 Å². The van der Waals surface area contributed by atoms with Crippen LogP contribution < -0.4 is 13.8 Å². The summed E-state index contributed by atoms with van der Waals surface area (Å²) in [6, 6.07) is 11.9. The molecule has 2 aromatic carbocycles. The van der Waals surface area contributed by atoms with Crippen molar-refractivity contribution < 1.29 is 27.8 Å². The van der Waals surface area contributed by atoms with Crippen LogP contribution in [0.15, 0.2) is 47.6 Å². The lowest BCUT2D eigenvalue weighted by atomic mass is 9.98. The van der Waals surface area contributed by atoms with Gasteiger partial charge in [0.1, 0.15) is 13.2 Å². The Morgan fingerprint density at radius 3 is 2.39 bits per heavy atom. The second-order valence-electron chi connectivity index (χ2n) is 7.12. The molecule has 0 bridgehead atoms. The van der Waals surface area contributed by atoms with Gasteiger partial charge in [-0.15, -0.1) is 0 Å². The zero-order chi connectivity index (χ0) is 22.1. The maximum absolute atomic E-state index is 12.2. The summed E-state index contributed by atoms with van der Waals surface area (Å²) < 4.78 is 32.8. The van der Waals surface area contributed by atoms with E-state index < -0.39 is 17.2 Å². The van der Waals surface area contributed by atoms with Crippen LogP contribution in [0, 0.1) is 0 Å². The molecule has 9 nitrogen and oxygen atoms in total. The number of anilines is 1. The van der Waals surface area contributed by atoms with Crippen LogP contribution >= 0.6 is 0 Å². The minimum atomic E-state index is -2.46. The van der Waals surface area contributed by atoms with Gasteiger partial charge < -0.3 is 9.47 Å². The summed E-state index contributed by atoms with van der Waals surface area (Å²) in [7, 11) is 0. The summed E-state index contributed by atoms with van der Waals surface area (Å²) in [5.41, 5.74) is 2.62. The first kappa shape index (κ1) is 21.0. The van der Waals surface area contributed by atoms with Gasteiger partial charge in [0.25, 0.3) is 11.3 Å². The second-order valence-corrected chi connectivity index (χ2v) is 7.95. The topological polar surface area (TPSA) is 109 Å². The molecule has 162 valence electrons. The molecule has 2 atom stereocenters. The molecule has 0 fully saturated rings. The molecule has 2 aliphatic rings. The van der Waals surface area contributed by atoms with Gasteiger partial charge in [0, 0.05) is 20.3 Å². The summed E-state index contributed by atoms with van der Waals surface area (Å²) in [6.07, 6.45) is 0.487. The first-order valence-corrected chi connectivity index (χ1v) is 10.7. The maximum atomic E-state index is 12.2. The number of hydrogen-bond acceptors (Lipinski definition) is 6. The lowest BCUT2D eigenvalue weighted by Crippen LogP contribution is -2.30. The normalized spacial score (nSPS) is 18.4. The minimum absolute atomic E-state index is 0.190. The predicted octanol–water partition coefficient (Wildman–Crippen LogP) is 2.65. The van der Waals surface area contributed by atoms with Crippen molar-refractivity contribution in [2.45, 2.75) is 26.3 Å². The van der Waals surface area contributed by atoms with E-state index >= 15 is 0 Å². The highest BCUT2D eigenvalue weighted by Gasteiger charge is 2.32. The number of ether oxygens (including phenoxy) is 2. The Morgan fingerprint density at radius 2 is 1.77 bits per heavy atom. The van der Waals surface area contributed by atoms with Gasteiger partial charge in [-0.1, -0.05) is 18.2 Å². The SMILES string of the molecule is CC(=O)N1N=C(c2ccc(N(C(C)=O)S(=O)O)cc2)CC1c1ccc2c(c1)OCCO2. The summed E-state index contributed by atoms with van der Waals surface area (Å²) in [5, 5.41) is 5.95. The number of amides is 2. The Morgan fingerprint density at radius 1 is 1.10 bits per heavy atom. The smallest absolute Gasteiger partial charge is 0.268 e. The van der Waals surface area contributed by atoms with E-state index in [1.807, 2.05) is 18.2 Å². The summed E-state index contributed by atoms with van der Waals surface area (Å²) in [4.78, 5) is 23.9. The van der Waals surface area contributed by atoms with Gasteiger partial charge in [0.05, 0.1) is 17.4 Å². The number of nitrogens with zero attached hydrogens (tertiary/aromatic N) is 3.